The average molecular weight is 296 g/mol. The van der Waals surface area contributed by atoms with Gasteiger partial charge in [-0.3, -0.25) is 0 Å². The highest BCUT2D eigenvalue weighted by Gasteiger charge is 2.30. The lowest BCUT2D eigenvalue weighted by atomic mass is 10.2. The SMILES string of the molecule is CC(C1CC1)N(C)CCS(=O)(=O)c1ccc(CN)cc1. The molecule has 2 N–H and O–H groups in total. The largest absolute Gasteiger partial charge is 0.326 e. The van der Waals surface area contributed by atoms with Crippen LogP contribution in [0, 0.1) is 5.92 Å². The standard InChI is InChI=1S/C15H24N2O2S/c1-12(14-5-6-14)17(2)9-10-20(18,19)15-7-3-13(11-16)4-8-15/h3-4,7-8,12,14H,5-6,9-11,16H2,1-2H3. The van der Waals surface area contributed by atoms with E-state index >= 15 is 0 Å². The average Bonchev–Trinajstić information content (AvgIpc) is 3.28. The fourth-order valence-electron chi connectivity index (χ4n) is 2.36. The molecule has 1 fully saturated rings. The Kier molecular flexibility index (Phi) is 4.83. The third-order valence-corrected chi connectivity index (χ3v) is 5.94. The second-order valence-electron chi connectivity index (χ2n) is 5.73. The van der Waals surface area contributed by atoms with E-state index in [9.17, 15) is 8.42 Å². The Morgan fingerprint density at radius 3 is 2.40 bits per heavy atom. The Morgan fingerprint density at radius 1 is 1.30 bits per heavy atom. The molecule has 0 saturated heterocycles. The summed E-state index contributed by atoms with van der Waals surface area (Å²) in [7, 11) is -1.19. The molecule has 1 atom stereocenters. The summed E-state index contributed by atoms with van der Waals surface area (Å²) in [5.74, 6) is 0.925. The molecule has 1 aliphatic rings. The summed E-state index contributed by atoms with van der Waals surface area (Å²) < 4.78 is 24.6. The fourth-order valence-corrected chi connectivity index (χ4v) is 3.67. The van der Waals surface area contributed by atoms with Crippen LogP contribution in [0.2, 0.25) is 0 Å². The topological polar surface area (TPSA) is 63.4 Å². The maximum Gasteiger partial charge on any atom is 0.179 e. The molecule has 1 aromatic carbocycles. The summed E-state index contributed by atoms with van der Waals surface area (Å²) in [6.45, 7) is 3.20. The highest BCUT2D eigenvalue weighted by Crippen LogP contribution is 2.34. The van der Waals surface area contributed by atoms with Crippen molar-refractivity contribution in [2.45, 2.75) is 37.2 Å². The van der Waals surface area contributed by atoms with Gasteiger partial charge in [0.15, 0.2) is 9.84 Å². The van der Waals surface area contributed by atoms with E-state index in [0.717, 1.165) is 11.5 Å². The Hall–Kier alpha value is -0.910. The van der Waals surface area contributed by atoms with Crippen LogP contribution in [0.3, 0.4) is 0 Å². The molecule has 1 saturated carbocycles. The Balaban J connectivity index is 1.95. The van der Waals surface area contributed by atoms with Crippen molar-refractivity contribution < 1.29 is 8.42 Å². The van der Waals surface area contributed by atoms with Gasteiger partial charge in [-0.2, -0.15) is 0 Å². The maximum atomic E-state index is 12.3. The van der Waals surface area contributed by atoms with Crippen LogP contribution < -0.4 is 5.73 Å². The van der Waals surface area contributed by atoms with Crippen molar-refractivity contribution in [1.29, 1.82) is 0 Å². The van der Waals surface area contributed by atoms with E-state index in [1.807, 2.05) is 7.05 Å². The van der Waals surface area contributed by atoms with Gasteiger partial charge in [0.1, 0.15) is 0 Å². The van der Waals surface area contributed by atoms with E-state index < -0.39 is 9.84 Å². The molecular formula is C15H24N2O2S. The van der Waals surface area contributed by atoms with Gasteiger partial charge in [-0.25, -0.2) is 8.42 Å². The van der Waals surface area contributed by atoms with Gasteiger partial charge in [0.2, 0.25) is 0 Å². The molecule has 0 bridgehead atoms. The molecule has 0 amide bonds. The molecule has 0 aromatic heterocycles. The molecule has 5 heteroatoms. The van der Waals surface area contributed by atoms with Crippen molar-refractivity contribution in [3.05, 3.63) is 29.8 Å². The van der Waals surface area contributed by atoms with Gasteiger partial charge in [-0.15, -0.1) is 0 Å². The smallest absolute Gasteiger partial charge is 0.179 e. The van der Waals surface area contributed by atoms with Crippen LogP contribution in [0.15, 0.2) is 29.2 Å². The number of hydrogen-bond acceptors (Lipinski definition) is 4. The number of benzene rings is 1. The summed E-state index contributed by atoms with van der Waals surface area (Å²) in [6.07, 6.45) is 2.55. The summed E-state index contributed by atoms with van der Waals surface area (Å²) in [5, 5.41) is 0. The van der Waals surface area contributed by atoms with Crippen LogP contribution in [0.5, 0.6) is 0 Å². The van der Waals surface area contributed by atoms with E-state index in [-0.39, 0.29) is 5.75 Å². The summed E-state index contributed by atoms with van der Waals surface area (Å²) in [4.78, 5) is 2.55. The first-order valence-corrected chi connectivity index (χ1v) is 8.81. The van der Waals surface area contributed by atoms with E-state index in [2.05, 4.69) is 11.8 Å². The zero-order valence-electron chi connectivity index (χ0n) is 12.2. The predicted octanol–water partition coefficient (Wildman–Crippen LogP) is 1.65. The molecule has 112 valence electrons. The first kappa shape index (κ1) is 15.5. The van der Waals surface area contributed by atoms with Gasteiger partial charge in [-0.05, 0) is 50.4 Å². The van der Waals surface area contributed by atoms with Crippen LogP contribution in [0.1, 0.15) is 25.3 Å². The van der Waals surface area contributed by atoms with E-state index in [4.69, 9.17) is 5.73 Å². The molecule has 20 heavy (non-hydrogen) atoms. The lowest BCUT2D eigenvalue weighted by molar-refractivity contribution is 0.247. The second-order valence-corrected chi connectivity index (χ2v) is 7.83. The second kappa shape index (κ2) is 6.24. The lowest BCUT2D eigenvalue weighted by Gasteiger charge is -2.24. The monoisotopic (exact) mass is 296 g/mol. The fraction of sp³-hybridized carbons (Fsp3) is 0.600. The minimum Gasteiger partial charge on any atom is -0.326 e. The third kappa shape index (κ3) is 3.81. The number of hydrogen-bond donors (Lipinski definition) is 1. The van der Waals surface area contributed by atoms with Crippen molar-refractivity contribution in [2.75, 3.05) is 19.3 Å². The lowest BCUT2D eigenvalue weighted by Crippen LogP contribution is -2.34. The molecule has 1 unspecified atom stereocenters. The van der Waals surface area contributed by atoms with Crippen LogP contribution in [-0.2, 0) is 16.4 Å². The first-order valence-electron chi connectivity index (χ1n) is 7.16. The molecule has 2 rings (SSSR count). The van der Waals surface area contributed by atoms with E-state index in [0.29, 0.717) is 24.0 Å². The van der Waals surface area contributed by atoms with Crippen LogP contribution >= 0.6 is 0 Å². The molecule has 1 aliphatic carbocycles. The normalized spacial score (nSPS) is 17.4. The van der Waals surface area contributed by atoms with Gasteiger partial charge in [0.05, 0.1) is 10.6 Å². The number of rotatable bonds is 7. The third-order valence-electron chi connectivity index (χ3n) is 4.23. The van der Waals surface area contributed by atoms with Crippen molar-refractivity contribution in [3.8, 4) is 0 Å². The quantitative estimate of drug-likeness (QED) is 0.831. The van der Waals surface area contributed by atoms with Gasteiger partial charge in [0, 0.05) is 19.1 Å². The number of nitrogens with two attached hydrogens (primary N) is 1. The Morgan fingerprint density at radius 2 is 1.90 bits per heavy atom. The predicted molar refractivity (Wildman–Crippen MR) is 81.2 cm³/mol. The summed E-state index contributed by atoms with van der Waals surface area (Å²) in [5.41, 5.74) is 6.47. The number of sulfone groups is 1. The van der Waals surface area contributed by atoms with Gasteiger partial charge < -0.3 is 10.6 Å². The first-order chi connectivity index (χ1) is 9.44. The molecule has 0 aliphatic heterocycles. The molecule has 0 heterocycles. The van der Waals surface area contributed by atoms with E-state index in [1.54, 1.807) is 24.3 Å². The number of nitrogens with zero attached hydrogens (tertiary/aromatic N) is 1. The zero-order valence-corrected chi connectivity index (χ0v) is 13.1. The molecule has 4 nitrogen and oxygen atoms in total. The van der Waals surface area contributed by atoms with Gasteiger partial charge in [-0.1, -0.05) is 12.1 Å². The van der Waals surface area contributed by atoms with Crippen molar-refractivity contribution >= 4 is 9.84 Å². The summed E-state index contributed by atoms with van der Waals surface area (Å²) in [6, 6.07) is 7.35. The minimum absolute atomic E-state index is 0.169. The highest BCUT2D eigenvalue weighted by atomic mass is 32.2. The molecular weight excluding hydrogens is 272 g/mol. The van der Waals surface area contributed by atoms with Crippen molar-refractivity contribution in [2.24, 2.45) is 11.7 Å². The van der Waals surface area contributed by atoms with Crippen LogP contribution in [-0.4, -0.2) is 38.7 Å². The van der Waals surface area contributed by atoms with Crippen molar-refractivity contribution in [1.82, 2.24) is 4.90 Å². The minimum atomic E-state index is -3.20. The highest BCUT2D eigenvalue weighted by molar-refractivity contribution is 7.91. The molecule has 0 spiro atoms. The maximum absolute atomic E-state index is 12.3. The van der Waals surface area contributed by atoms with Crippen LogP contribution in [0.4, 0.5) is 0 Å². The van der Waals surface area contributed by atoms with E-state index in [1.165, 1.54) is 12.8 Å². The summed E-state index contributed by atoms with van der Waals surface area (Å²) >= 11 is 0. The Bertz CT molecular complexity index is 535. The van der Waals surface area contributed by atoms with Crippen molar-refractivity contribution in [3.63, 3.8) is 0 Å². The zero-order chi connectivity index (χ0) is 14.8. The van der Waals surface area contributed by atoms with Gasteiger partial charge >= 0.3 is 0 Å². The molecule has 1 aromatic rings. The van der Waals surface area contributed by atoms with Crippen LogP contribution in [0.25, 0.3) is 0 Å². The Labute approximate surface area is 121 Å². The molecule has 0 radical (unpaired) electrons. The van der Waals surface area contributed by atoms with Gasteiger partial charge in [0.25, 0.3) is 0 Å².